The molecule has 0 radical (unpaired) electrons. The molecule has 1 atom stereocenters. The number of benzene rings is 3. The predicted octanol–water partition coefficient (Wildman–Crippen LogP) is 5.85. The molecule has 0 saturated heterocycles. The average molecular weight is 629 g/mol. The Morgan fingerprint density at radius 2 is 1.68 bits per heavy atom. The number of aryl methyl sites for hydroxylation is 2. The van der Waals surface area contributed by atoms with Crippen molar-refractivity contribution in [2.45, 2.75) is 64.4 Å². The van der Waals surface area contributed by atoms with Crippen molar-refractivity contribution in [3.05, 3.63) is 94.0 Å². The van der Waals surface area contributed by atoms with Crippen molar-refractivity contribution in [3.8, 4) is 0 Å². The van der Waals surface area contributed by atoms with Crippen molar-refractivity contribution in [2.75, 3.05) is 17.4 Å². The summed E-state index contributed by atoms with van der Waals surface area (Å²) in [6.07, 6.45) is 2.34. The van der Waals surface area contributed by atoms with E-state index >= 15 is 0 Å². The zero-order chi connectivity index (χ0) is 29.3. The van der Waals surface area contributed by atoms with Gasteiger partial charge in [0.15, 0.2) is 0 Å². The SMILES string of the molecule is CCCCNC(=O)[C@H](C)N(Cc1cccc(Br)c1)C(=O)CN(c1ccccc1CC)S(=O)(=O)c1ccc(C)cc1. The molecule has 1 N–H and O–H groups in total. The molecule has 214 valence electrons. The summed E-state index contributed by atoms with van der Waals surface area (Å²) in [6, 6.07) is 20.5. The number of para-hydroxylation sites is 1. The van der Waals surface area contributed by atoms with E-state index in [2.05, 4.69) is 21.2 Å². The number of halogens is 1. The molecule has 3 aromatic carbocycles. The fraction of sp³-hybridized carbons (Fsp3) is 0.355. The Morgan fingerprint density at radius 1 is 0.975 bits per heavy atom. The van der Waals surface area contributed by atoms with E-state index in [0.717, 1.165) is 34.0 Å². The minimum Gasteiger partial charge on any atom is -0.354 e. The van der Waals surface area contributed by atoms with Crippen LogP contribution in [0.15, 0.2) is 82.2 Å². The Kier molecular flexibility index (Phi) is 11.3. The lowest BCUT2D eigenvalue weighted by molar-refractivity contribution is -0.139. The van der Waals surface area contributed by atoms with Gasteiger partial charge in [-0.3, -0.25) is 13.9 Å². The van der Waals surface area contributed by atoms with Gasteiger partial charge in [-0.05, 0) is 68.1 Å². The Labute approximate surface area is 246 Å². The van der Waals surface area contributed by atoms with Gasteiger partial charge in [-0.1, -0.05) is 84.2 Å². The number of hydrogen-bond donors (Lipinski definition) is 1. The van der Waals surface area contributed by atoms with Crippen molar-refractivity contribution in [1.29, 1.82) is 0 Å². The van der Waals surface area contributed by atoms with Crippen LogP contribution in [0.4, 0.5) is 5.69 Å². The van der Waals surface area contributed by atoms with Crippen molar-refractivity contribution in [3.63, 3.8) is 0 Å². The monoisotopic (exact) mass is 627 g/mol. The largest absolute Gasteiger partial charge is 0.354 e. The second kappa shape index (κ2) is 14.5. The Morgan fingerprint density at radius 3 is 2.33 bits per heavy atom. The van der Waals surface area contributed by atoms with Crippen LogP contribution in [-0.4, -0.2) is 44.3 Å². The first kappa shape index (κ1) is 31.4. The van der Waals surface area contributed by atoms with Crippen LogP contribution in [0.2, 0.25) is 0 Å². The van der Waals surface area contributed by atoms with Crippen LogP contribution in [-0.2, 0) is 32.6 Å². The van der Waals surface area contributed by atoms with Gasteiger partial charge >= 0.3 is 0 Å². The molecule has 0 spiro atoms. The molecule has 0 saturated carbocycles. The van der Waals surface area contributed by atoms with E-state index in [-0.39, 0.29) is 17.3 Å². The minimum atomic E-state index is -4.10. The highest BCUT2D eigenvalue weighted by atomic mass is 79.9. The van der Waals surface area contributed by atoms with Gasteiger partial charge in [-0.25, -0.2) is 8.42 Å². The lowest BCUT2D eigenvalue weighted by Gasteiger charge is -2.32. The van der Waals surface area contributed by atoms with E-state index in [9.17, 15) is 18.0 Å². The number of unbranched alkanes of at least 4 members (excludes halogenated alkanes) is 1. The number of nitrogens with one attached hydrogen (secondary N) is 1. The maximum Gasteiger partial charge on any atom is 0.264 e. The minimum absolute atomic E-state index is 0.0979. The lowest BCUT2D eigenvalue weighted by atomic mass is 10.1. The third-order valence-electron chi connectivity index (χ3n) is 6.77. The van der Waals surface area contributed by atoms with E-state index in [1.165, 1.54) is 9.21 Å². The molecule has 3 aromatic rings. The van der Waals surface area contributed by atoms with Crippen molar-refractivity contribution in [1.82, 2.24) is 10.2 Å². The Bertz CT molecular complexity index is 1410. The molecule has 0 unspecified atom stereocenters. The molecule has 3 rings (SSSR count). The third kappa shape index (κ3) is 7.95. The first-order valence-corrected chi connectivity index (χ1v) is 15.8. The van der Waals surface area contributed by atoms with Gasteiger partial charge in [0.1, 0.15) is 12.6 Å². The highest BCUT2D eigenvalue weighted by Gasteiger charge is 2.33. The van der Waals surface area contributed by atoms with E-state index in [1.807, 2.05) is 57.2 Å². The van der Waals surface area contributed by atoms with Crippen LogP contribution >= 0.6 is 15.9 Å². The Balaban J connectivity index is 2.04. The summed E-state index contributed by atoms with van der Waals surface area (Å²) in [5, 5.41) is 2.91. The summed E-state index contributed by atoms with van der Waals surface area (Å²) >= 11 is 3.47. The van der Waals surface area contributed by atoms with Gasteiger partial charge in [0.2, 0.25) is 11.8 Å². The van der Waals surface area contributed by atoms with Crippen LogP contribution in [0.3, 0.4) is 0 Å². The standard InChI is InChI=1S/C31H38BrN3O4S/c1-5-7-19-33-31(37)24(4)34(21-25-11-10-13-27(32)20-25)30(36)22-35(29-14-9-8-12-26(29)6-2)40(38,39)28-17-15-23(3)16-18-28/h8-18,20,24H,5-7,19,21-22H2,1-4H3,(H,33,37)/t24-/m0/s1. The molecule has 0 aliphatic rings. The van der Waals surface area contributed by atoms with Crippen LogP contribution < -0.4 is 9.62 Å². The maximum absolute atomic E-state index is 14.1. The number of carbonyl (C=O) groups excluding carboxylic acids is 2. The Hall–Kier alpha value is -3.17. The van der Waals surface area contributed by atoms with Crippen LogP contribution in [0, 0.1) is 6.92 Å². The van der Waals surface area contributed by atoms with E-state index < -0.39 is 28.5 Å². The molecular formula is C31H38BrN3O4S. The maximum atomic E-state index is 14.1. The number of anilines is 1. The van der Waals surface area contributed by atoms with Gasteiger partial charge in [0.25, 0.3) is 10.0 Å². The zero-order valence-corrected chi connectivity index (χ0v) is 26.0. The topological polar surface area (TPSA) is 86.8 Å². The van der Waals surface area contributed by atoms with E-state index in [0.29, 0.717) is 18.7 Å². The highest BCUT2D eigenvalue weighted by molar-refractivity contribution is 9.10. The number of carbonyl (C=O) groups is 2. The number of nitrogens with zero attached hydrogens (tertiary/aromatic N) is 2. The highest BCUT2D eigenvalue weighted by Crippen LogP contribution is 2.28. The van der Waals surface area contributed by atoms with Crippen LogP contribution in [0.1, 0.15) is 50.3 Å². The molecular weight excluding hydrogens is 590 g/mol. The molecule has 0 bridgehead atoms. The molecule has 0 fully saturated rings. The fourth-order valence-corrected chi connectivity index (χ4v) is 6.25. The van der Waals surface area contributed by atoms with Crippen LogP contribution in [0.25, 0.3) is 0 Å². The molecule has 7 nitrogen and oxygen atoms in total. The molecule has 0 aliphatic heterocycles. The average Bonchev–Trinajstić information content (AvgIpc) is 2.94. The molecule has 0 heterocycles. The second-order valence-corrected chi connectivity index (χ2v) is 12.6. The van der Waals surface area contributed by atoms with Gasteiger partial charge in [-0.15, -0.1) is 0 Å². The van der Waals surface area contributed by atoms with Gasteiger partial charge in [0, 0.05) is 17.6 Å². The quantitative estimate of drug-likeness (QED) is 0.241. The summed E-state index contributed by atoms with van der Waals surface area (Å²) in [5.74, 6) is -0.751. The normalized spacial score (nSPS) is 12.0. The summed E-state index contributed by atoms with van der Waals surface area (Å²) in [7, 11) is -4.10. The van der Waals surface area contributed by atoms with Gasteiger partial charge < -0.3 is 10.2 Å². The smallest absolute Gasteiger partial charge is 0.264 e. The first-order chi connectivity index (χ1) is 19.1. The molecule has 0 aromatic heterocycles. The molecule has 40 heavy (non-hydrogen) atoms. The number of rotatable bonds is 13. The van der Waals surface area contributed by atoms with E-state index in [4.69, 9.17) is 0 Å². The summed E-state index contributed by atoms with van der Waals surface area (Å²) in [4.78, 5) is 28.7. The summed E-state index contributed by atoms with van der Waals surface area (Å²) < 4.78 is 30.1. The van der Waals surface area contributed by atoms with Crippen molar-refractivity contribution < 1.29 is 18.0 Å². The van der Waals surface area contributed by atoms with Gasteiger partial charge in [-0.2, -0.15) is 0 Å². The molecule has 0 aliphatic carbocycles. The predicted molar refractivity (Wildman–Crippen MR) is 164 cm³/mol. The number of hydrogen-bond acceptors (Lipinski definition) is 4. The number of sulfonamides is 1. The molecule has 9 heteroatoms. The zero-order valence-electron chi connectivity index (χ0n) is 23.6. The van der Waals surface area contributed by atoms with Gasteiger partial charge in [0.05, 0.1) is 10.6 Å². The number of amides is 2. The second-order valence-electron chi connectivity index (χ2n) is 9.78. The molecule has 2 amide bonds. The third-order valence-corrected chi connectivity index (χ3v) is 9.04. The summed E-state index contributed by atoms with van der Waals surface area (Å²) in [5.41, 5.74) is 2.99. The lowest BCUT2D eigenvalue weighted by Crippen LogP contribution is -2.51. The van der Waals surface area contributed by atoms with E-state index in [1.54, 1.807) is 43.3 Å². The van der Waals surface area contributed by atoms with Crippen molar-refractivity contribution >= 4 is 43.5 Å². The summed E-state index contributed by atoms with van der Waals surface area (Å²) in [6.45, 7) is 7.75. The fourth-order valence-electron chi connectivity index (χ4n) is 4.35. The van der Waals surface area contributed by atoms with Crippen LogP contribution in [0.5, 0.6) is 0 Å². The van der Waals surface area contributed by atoms with Crippen molar-refractivity contribution in [2.24, 2.45) is 0 Å². The first-order valence-electron chi connectivity index (χ1n) is 13.6.